The minimum atomic E-state index is 0.327. The van der Waals surface area contributed by atoms with Gasteiger partial charge in [0.15, 0.2) is 0 Å². The lowest BCUT2D eigenvalue weighted by molar-refractivity contribution is 0.481. The number of halogens is 1. The van der Waals surface area contributed by atoms with Gasteiger partial charge >= 0.3 is 0 Å². The molecule has 0 bridgehead atoms. The highest BCUT2D eigenvalue weighted by atomic mass is 79.9. The Kier molecular flexibility index (Phi) is 3.99. The first-order valence-corrected chi connectivity index (χ1v) is 8.16. The van der Waals surface area contributed by atoms with Crippen LogP contribution in [-0.4, -0.2) is 12.2 Å². The molecular weight excluding hydrogens is 346 g/mol. The van der Waals surface area contributed by atoms with E-state index in [-0.39, 0.29) is 0 Å². The second-order valence-corrected chi connectivity index (χ2v) is 6.55. The van der Waals surface area contributed by atoms with Gasteiger partial charge in [0.25, 0.3) is 0 Å². The Morgan fingerprint density at radius 2 is 1.71 bits per heavy atom. The Hall–Kier alpha value is -1.78. The molecule has 0 aliphatic carbocycles. The van der Waals surface area contributed by atoms with Gasteiger partial charge in [0.2, 0.25) is 0 Å². The molecule has 0 saturated carbocycles. The van der Waals surface area contributed by atoms with Crippen LogP contribution in [0.25, 0.3) is 21.6 Å². The first-order valence-electron chi connectivity index (χ1n) is 6.55. The topological polar surface area (TPSA) is 32.3 Å². The molecule has 0 saturated heterocycles. The van der Waals surface area contributed by atoms with Gasteiger partial charge in [-0.3, -0.25) is 0 Å². The van der Waals surface area contributed by atoms with Crippen molar-refractivity contribution in [3.05, 3.63) is 59.1 Å². The first kappa shape index (κ1) is 14.2. The molecule has 3 aromatic rings. The van der Waals surface area contributed by atoms with E-state index >= 15 is 0 Å². The average molecular weight is 360 g/mol. The van der Waals surface area contributed by atoms with Gasteiger partial charge in [0, 0.05) is 11.5 Å². The van der Waals surface area contributed by atoms with Crippen molar-refractivity contribution in [2.75, 3.05) is 12.4 Å². The second-order valence-electron chi connectivity index (χ2n) is 4.61. The standard InChI is InChI=1S/C17H14BrNOS/c1-19-17-14(12-8-5-9-13(18)10-12)15(20)16(21-17)11-6-3-2-4-7-11/h2-10,19-20H,1H3. The molecule has 0 aliphatic heterocycles. The molecule has 0 spiro atoms. The molecule has 2 aromatic carbocycles. The predicted molar refractivity (Wildman–Crippen MR) is 94.1 cm³/mol. The molecule has 3 rings (SSSR count). The largest absolute Gasteiger partial charge is 0.506 e. The summed E-state index contributed by atoms with van der Waals surface area (Å²) in [6, 6.07) is 17.9. The Bertz CT molecular complexity index is 768. The van der Waals surface area contributed by atoms with Crippen molar-refractivity contribution in [2.24, 2.45) is 0 Å². The Labute approximate surface area is 136 Å². The quantitative estimate of drug-likeness (QED) is 0.638. The summed E-state index contributed by atoms with van der Waals surface area (Å²) in [4.78, 5) is 0.884. The number of thiophene rings is 1. The summed E-state index contributed by atoms with van der Waals surface area (Å²) >= 11 is 5.05. The Balaban J connectivity index is 2.20. The minimum absolute atomic E-state index is 0.327. The molecule has 21 heavy (non-hydrogen) atoms. The van der Waals surface area contributed by atoms with Crippen LogP contribution in [0.1, 0.15) is 0 Å². The van der Waals surface area contributed by atoms with Gasteiger partial charge in [0.05, 0.1) is 10.4 Å². The lowest BCUT2D eigenvalue weighted by Crippen LogP contribution is -1.86. The van der Waals surface area contributed by atoms with E-state index in [2.05, 4.69) is 21.2 Å². The third-order valence-electron chi connectivity index (χ3n) is 3.26. The molecule has 0 amide bonds. The highest BCUT2D eigenvalue weighted by molar-refractivity contribution is 9.10. The van der Waals surface area contributed by atoms with Crippen molar-refractivity contribution in [1.82, 2.24) is 0 Å². The first-order chi connectivity index (χ1) is 10.2. The fourth-order valence-corrected chi connectivity index (χ4v) is 3.77. The van der Waals surface area contributed by atoms with Crippen LogP contribution in [0.5, 0.6) is 5.75 Å². The van der Waals surface area contributed by atoms with Crippen LogP contribution >= 0.6 is 27.3 Å². The lowest BCUT2D eigenvalue weighted by atomic mass is 10.1. The highest BCUT2D eigenvalue weighted by Gasteiger charge is 2.19. The summed E-state index contributed by atoms with van der Waals surface area (Å²) < 4.78 is 0.994. The van der Waals surface area contributed by atoms with Gasteiger partial charge in [-0.05, 0) is 23.3 Å². The van der Waals surface area contributed by atoms with Crippen LogP contribution in [0.2, 0.25) is 0 Å². The maximum absolute atomic E-state index is 10.7. The third-order valence-corrected chi connectivity index (χ3v) is 5.00. The summed E-state index contributed by atoms with van der Waals surface area (Å²) in [5.41, 5.74) is 2.87. The van der Waals surface area contributed by atoms with Gasteiger partial charge in [-0.15, -0.1) is 11.3 Å². The summed E-state index contributed by atoms with van der Waals surface area (Å²) in [5.74, 6) is 0.327. The lowest BCUT2D eigenvalue weighted by Gasteiger charge is -2.05. The Morgan fingerprint density at radius 1 is 1.00 bits per heavy atom. The number of rotatable bonds is 3. The summed E-state index contributed by atoms with van der Waals surface area (Å²) in [7, 11) is 1.88. The fraction of sp³-hybridized carbons (Fsp3) is 0.0588. The average Bonchev–Trinajstić information content (AvgIpc) is 2.85. The van der Waals surface area contributed by atoms with Gasteiger partial charge in [-0.1, -0.05) is 58.4 Å². The van der Waals surface area contributed by atoms with E-state index in [0.717, 1.165) is 31.0 Å². The van der Waals surface area contributed by atoms with Crippen LogP contribution in [0.4, 0.5) is 5.00 Å². The molecule has 2 nitrogen and oxygen atoms in total. The van der Waals surface area contributed by atoms with Crippen LogP contribution in [0, 0.1) is 0 Å². The van der Waals surface area contributed by atoms with Crippen molar-refractivity contribution < 1.29 is 5.11 Å². The van der Waals surface area contributed by atoms with Crippen molar-refractivity contribution in [1.29, 1.82) is 0 Å². The molecule has 0 aliphatic rings. The molecule has 106 valence electrons. The molecule has 1 aromatic heterocycles. The molecule has 2 N–H and O–H groups in total. The van der Waals surface area contributed by atoms with Crippen molar-refractivity contribution >= 4 is 32.3 Å². The minimum Gasteiger partial charge on any atom is -0.506 e. The van der Waals surface area contributed by atoms with Crippen LogP contribution in [0.3, 0.4) is 0 Å². The number of hydrogen-bond donors (Lipinski definition) is 2. The molecular formula is C17H14BrNOS. The molecule has 1 heterocycles. The number of hydrogen-bond acceptors (Lipinski definition) is 3. The van der Waals surface area contributed by atoms with Gasteiger partial charge in [-0.25, -0.2) is 0 Å². The zero-order valence-corrected chi connectivity index (χ0v) is 13.8. The van der Waals surface area contributed by atoms with E-state index < -0.39 is 0 Å². The number of nitrogens with one attached hydrogen (secondary N) is 1. The molecule has 4 heteroatoms. The van der Waals surface area contributed by atoms with E-state index in [4.69, 9.17) is 0 Å². The van der Waals surface area contributed by atoms with E-state index in [0.29, 0.717) is 5.75 Å². The third kappa shape index (κ3) is 2.69. The highest BCUT2D eigenvalue weighted by Crippen LogP contribution is 2.50. The van der Waals surface area contributed by atoms with Gasteiger partial charge in [0.1, 0.15) is 10.8 Å². The van der Waals surface area contributed by atoms with E-state index in [1.54, 1.807) is 11.3 Å². The smallest absolute Gasteiger partial charge is 0.144 e. The van der Waals surface area contributed by atoms with Gasteiger partial charge < -0.3 is 10.4 Å². The van der Waals surface area contributed by atoms with Gasteiger partial charge in [-0.2, -0.15) is 0 Å². The predicted octanol–water partition coefficient (Wildman–Crippen LogP) is 5.59. The van der Waals surface area contributed by atoms with Crippen molar-refractivity contribution in [3.8, 4) is 27.3 Å². The maximum atomic E-state index is 10.7. The molecule has 0 fully saturated rings. The number of anilines is 1. The molecule has 0 atom stereocenters. The van der Waals surface area contributed by atoms with E-state index in [1.165, 1.54) is 0 Å². The Morgan fingerprint density at radius 3 is 2.38 bits per heavy atom. The normalized spacial score (nSPS) is 10.6. The van der Waals surface area contributed by atoms with Crippen molar-refractivity contribution in [2.45, 2.75) is 0 Å². The zero-order chi connectivity index (χ0) is 14.8. The summed E-state index contributed by atoms with van der Waals surface area (Å²) in [6.07, 6.45) is 0. The van der Waals surface area contributed by atoms with Crippen LogP contribution in [-0.2, 0) is 0 Å². The van der Waals surface area contributed by atoms with Crippen molar-refractivity contribution in [3.63, 3.8) is 0 Å². The monoisotopic (exact) mass is 359 g/mol. The zero-order valence-electron chi connectivity index (χ0n) is 11.4. The fourth-order valence-electron chi connectivity index (χ4n) is 2.30. The summed E-state index contributed by atoms with van der Waals surface area (Å²) in [6.45, 7) is 0. The second kappa shape index (κ2) is 5.92. The molecule has 0 unspecified atom stereocenters. The van der Waals surface area contributed by atoms with E-state index in [9.17, 15) is 5.11 Å². The summed E-state index contributed by atoms with van der Waals surface area (Å²) in [5, 5.41) is 14.8. The maximum Gasteiger partial charge on any atom is 0.144 e. The van der Waals surface area contributed by atoms with Crippen LogP contribution in [0.15, 0.2) is 59.1 Å². The van der Waals surface area contributed by atoms with Crippen LogP contribution < -0.4 is 5.32 Å². The van der Waals surface area contributed by atoms with E-state index in [1.807, 2.05) is 61.6 Å². The molecule has 0 radical (unpaired) electrons. The SMILES string of the molecule is CNc1sc(-c2ccccc2)c(O)c1-c1cccc(Br)c1. The number of aromatic hydroxyl groups is 1. The number of benzene rings is 2.